The third-order valence-corrected chi connectivity index (χ3v) is 4.06. The number of carbonyl (C=O) groups is 1. The lowest BCUT2D eigenvalue weighted by Crippen LogP contribution is -2.48. The predicted molar refractivity (Wildman–Crippen MR) is 99.7 cm³/mol. The lowest BCUT2D eigenvalue weighted by atomic mass is 10.2. The third kappa shape index (κ3) is 6.07. The Labute approximate surface area is 148 Å². The van der Waals surface area contributed by atoms with Gasteiger partial charge in [-0.15, -0.1) is 0 Å². The van der Waals surface area contributed by atoms with Gasteiger partial charge in [0.1, 0.15) is 0 Å². The van der Waals surface area contributed by atoms with Gasteiger partial charge in [0.25, 0.3) is 0 Å². The summed E-state index contributed by atoms with van der Waals surface area (Å²) in [6.07, 6.45) is 0.834. The summed E-state index contributed by atoms with van der Waals surface area (Å²) in [4.78, 5) is 14.2. The third-order valence-electron chi connectivity index (χ3n) is 3.86. The quantitative estimate of drug-likeness (QED) is 0.569. The molecule has 0 unspecified atom stereocenters. The van der Waals surface area contributed by atoms with Crippen LogP contribution in [0.5, 0.6) is 0 Å². The number of para-hydroxylation sites is 1. The summed E-state index contributed by atoms with van der Waals surface area (Å²) < 4.78 is 5.69. The highest BCUT2D eigenvalue weighted by atomic mass is 32.1. The number of morpholine rings is 1. The number of hydrogen-bond donors (Lipinski definition) is 3. The molecule has 0 saturated carbocycles. The molecule has 1 heterocycles. The minimum absolute atomic E-state index is 0.0873. The highest BCUT2D eigenvalue weighted by Crippen LogP contribution is 2.12. The van der Waals surface area contributed by atoms with E-state index in [-0.39, 0.29) is 18.1 Å². The summed E-state index contributed by atoms with van der Waals surface area (Å²) in [6, 6.07) is 7.83. The standard InChI is InChI=1S/C17H26N4O2S/c1-12-6-4-5-7-15(12)18-17(24)20-19-16(22)8-9-21-10-13(2)23-14(3)11-21/h4-7,13-14H,8-11H2,1-3H3,(H,19,22)(H2,18,20,24)/t13-,14-/m1/s1. The summed E-state index contributed by atoms with van der Waals surface area (Å²) in [5.41, 5.74) is 7.38. The van der Waals surface area contributed by atoms with Crippen molar-refractivity contribution >= 4 is 28.9 Å². The van der Waals surface area contributed by atoms with Crippen molar-refractivity contribution in [1.82, 2.24) is 15.8 Å². The second kappa shape index (κ2) is 8.96. The average Bonchev–Trinajstić information content (AvgIpc) is 2.52. The Bertz CT molecular complexity index is 571. The Morgan fingerprint density at radius 2 is 1.92 bits per heavy atom. The van der Waals surface area contributed by atoms with E-state index < -0.39 is 0 Å². The first-order valence-corrected chi connectivity index (χ1v) is 8.64. The summed E-state index contributed by atoms with van der Waals surface area (Å²) >= 11 is 5.19. The number of aryl methyl sites for hydroxylation is 1. The zero-order valence-corrected chi connectivity index (χ0v) is 15.3. The van der Waals surface area contributed by atoms with E-state index >= 15 is 0 Å². The molecule has 0 aromatic heterocycles. The van der Waals surface area contributed by atoms with Crippen LogP contribution < -0.4 is 16.2 Å². The Morgan fingerprint density at radius 3 is 2.58 bits per heavy atom. The Morgan fingerprint density at radius 1 is 1.25 bits per heavy atom. The van der Waals surface area contributed by atoms with Gasteiger partial charge in [-0.3, -0.25) is 20.5 Å². The number of thiocarbonyl (C=S) groups is 1. The molecule has 1 aliphatic rings. The first kappa shape index (κ1) is 18.6. The molecule has 2 atom stereocenters. The first-order chi connectivity index (χ1) is 11.4. The van der Waals surface area contributed by atoms with Gasteiger partial charge in [-0.2, -0.15) is 0 Å². The number of carbonyl (C=O) groups excluding carboxylic acids is 1. The molecule has 1 saturated heterocycles. The molecule has 1 amide bonds. The van der Waals surface area contributed by atoms with Crippen molar-refractivity contribution in [2.45, 2.75) is 39.4 Å². The normalized spacial score (nSPS) is 21.1. The monoisotopic (exact) mass is 350 g/mol. The zero-order valence-electron chi connectivity index (χ0n) is 14.5. The van der Waals surface area contributed by atoms with Crippen molar-refractivity contribution in [1.29, 1.82) is 0 Å². The SMILES string of the molecule is Cc1ccccc1NC(=S)NNC(=O)CCN1C[C@@H](C)O[C@H](C)C1. The van der Waals surface area contributed by atoms with Crippen molar-refractivity contribution < 1.29 is 9.53 Å². The molecule has 0 spiro atoms. The molecule has 0 bridgehead atoms. The van der Waals surface area contributed by atoms with Crippen LogP contribution in [0.3, 0.4) is 0 Å². The molecule has 1 aromatic carbocycles. The van der Waals surface area contributed by atoms with Crippen LogP contribution in [0.1, 0.15) is 25.8 Å². The molecule has 0 radical (unpaired) electrons. The van der Waals surface area contributed by atoms with Gasteiger partial charge in [0.2, 0.25) is 5.91 Å². The molecule has 1 fully saturated rings. The van der Waals surface area contributed by atoms with Crippen molar-refractivity contribution in [3.63, 3.8) is 0 Å². The maximum atomic E-state index is 12.0. The fourth-order valence-electron chi connectivity index (χ4n) is 2.78. The molecular formula is C17H26N4O2S. The minimum atomic E-state index is -0.0873. The van der Waals surface area contributed by atoms with Crippen LogP contribution in [0.15, 0.2) is 24.3 Å². The number of rotatable bonds is 4. The summed E-state index contributed by atoms with van der Waals surface area (Å²) in [5.74, 6) is -0.0873. The first-order valence-electron chi connectivity index (χ1n) is 8.23. The number of amides is 1. The lowest BCUT2D eigenvalue weighted by molar-refractivity contribution is -0.123. The van der Waals surface area contributed by atoms with E-state index in [1.807, 2.05) is 31.2 Å². The predicted octanol–water partition coefficient (Wildman–Crippen LogP) is 1.81. The molecule has 7 heteroatoms. The number of anilines is 1. The lowest BCUT2D eigenvalue weighted by Gasteiger charge is -2.35. The summed E-state index contributed by atoms with van der Waals surface area (Å²) in [6.45, 7) is 8.54. The van der Waals surface area contributed by atoms with E-state index in [2.05, 4.69) is 34.9 Å². The number of ether oxygens (including phenoxy) is 1. The van der Waals surface area contributed by atoms with Crippen LogP contribution in [0.25, 0.3) is 0 Å². The molecule has 2 rings (SSSR count). The van der Waals surface area contributed by atoms with E-state index in [0.717, 1.165) is 24.3 Å². The van der Waals surface area contributed by atoms with Crippen molar-refractivity contribution in [3.05, 3.63) is 29.8 Å². The number of nitrogens with zero attached hydrogens (tertiary/aromatic N) is 1. The number of hydrazine groups is 1. The van der Waals surface area contributed by atoms with Gasteiger partial charge in [-0.1, -0.05) is 18.2 Å². The van der Waals surface area contributed by atoms with E-state index in [1.54, 1.807) is 0 Å². The fraction of sp³-hybridized carbons (Fsp3) is 0.529. The average molecular weight is 350 g/mol. The minimum Gasteiger partial charge on any atom is -0.373 e. The number of benzene rings is 1. The molecule has 1 aliphatic heterocycles. The zero-order chi connectivity index (χ0) is 17.5. The second-order valence-electron chi connectivity index (χ2n) is 6.21. The van der Waals surface area contributed by atoms with Crippen molar-refractivity contribution in [2.75, 3.05) is 25.0 Å². The van der Waals surface area contributed by atoms with E-state index in [4.69, 9.17) is 17.0 Å². The van der Waals surface area contributed by atoms with Gasteiger partial charge < -0.3 is 10.1 Å². The molecular weight excluding hydrogens is 324 g/mol. The number of hydrogen-bond acceptors (Lipinski definition) is 4. The van der Waals surface area contributed by atoms with Crippen molar-refractivity contribution in [3.8, 4) is 0 Å². The largest absolute Gasteiger partial charge is 0.373 e. The molecule has 0 aliphatic carbocycles. The Kier molecular flexibility index (Phi) is 6.96. The van der Waals surface area contributed by atoms with E-state index in [0.29, 0.717) is 18.1 Å². The Hall–Kier alpha value is -1.70. The van der Waals surface area contributed by atoms with E-state index in [1.165, 1.54) is 0 Å². The van der Waals surface area contributed by atoms with Crippen LogP contribution in [-0.4, -0.2) is 47.8 Å². The van der Waals surface area contributed by atoms with Gasteiger partial charge in [-0.05, 0) is 44.6 Å². The Balaban J connectivity index is 1.67. The molecule has 6 nitrogen and oxygen atoms in total. The summed E-state index contributed by atoms with van der Waals surface area (Å²) in [5, 5.41) is 3.43. The summed E-state index contributed by atoms with van der Waals surface area (Å²) in [7, 11) is 0. The molecule has 24 heavy (non-hydrogen) atoms. The maximum Gasteiger partial charge on any atom is 0.239 e. The van der Waals surface area contributed by atoms with Gasteiger partial charge in [0, 0.05) is 31.7 Å². The van der Waals surface area contributed by atoms with Gasteiger partial charge in [0.15, 0.2) is 5.11 Å². The maximum absolute atomic E-state index is 12.0. The highest BCUT2D eigenvalue weighted by Gasteiger charge is 2.22. The van der Waals surface area contributed by atoms with Gasteiger partial charge >= 0.3 is 0 Å². The molecule has 3 N–H and O–H groups in total. The highest BCUT2D eigenvalue weighted by molar-refractivity contribution is 7.80. The van der Waals surface area contributed by atoms with Crippen molar-refractivity contribution in [2.24, 2.45) is 0 Å². The van der Waals surface area contributed by atoms with E-state index in [9.17, 15) is 4.79 Å². The fourth-order valence-corrected chi connectivity index (χ4v) is 2.94. The second-order valence-corrected chi connectivity index (χ2v) is 6.62. The molecule has 132 valence electrons. The topological polar surface area (TPSA) is 65.6 Å². The smallest absolute Gasteiger partial charge is 0.239 e. The van der Waals surface area contributed by atoms with Crippen LogP contribution in [0.2, 0.25) is 0 Å². The van der Waals surface area contributed by atoms with Crippen LogP contribution in [0, 0.1) is 6.92 Å². The molecule has 1 aromatic rings. The number of nitrogens with one attached hydrogen (secondary N) is 3. The van der Waals surface area contributed by atoms with Gasteiger partial charge in [0.05, 0.1) is 12.2 Å². The van der Waals surface area contributed by atoms with Crippen LogP contribution in [0.4, 0.5) is 5.69 Å². The van der Waals surface area contributed by atoms with Crippen LogP contribution >= 0.6 is 12.2 Å². The van der Waals surface area contributed by atoms with Gasteiger partial charge in [-0.25, -0.2) is 0 Å². The van der Waals surface area contributed by atoms with Crippen LogP contribution in [-0.2, 0) is 9.53 Å².